The van der Waals surface area contributed by atoms with E-state index < -0.39 is 5.41 Å². The van der Waals surface area contributed by atoms with E-state index in [1.165, 1.54) is 0 Å². The van der Waals surface area contributed by atoms with Crippen LogP contribution < -0.4 is 10.6 Å². The molecule has 0 spiro atoms. The van der Waals surface area contributed by atoms with E-state index in [1.807, 2.05) is 13.8 Å². The van der Waals surface area contributed by atoms with Crippen LogP contribution in [0.4, 0.5) is 11.4 Å². The number of rotatable bonds is 5. The lowest BCUT2D eigenvalue weighted by Gasteiger charge is -2.20. The third kappa shape index (κ3) is 4.53. The van der Waals surface area contributed by atoms with Gasteiger partial charge in [-0.15, -0.1) is 11.6 Å². The zero-order valence-electron chi connectivity index (χ0n) is 12.3. The molecule has 0 heterocycles. The van der Waals surface area contributed by atoms with Gasteiger partial charge in [-0.3, -0.25) is 9.59 Å². The average Bonchev–Trinajstić information content (AvgIpc) is 2.38. The summed E-state index contributed by atoms with van der Waals surface area (Å²) in [7, 11) is 0. The number of amides is 2. The molecule has 0 saturated carbocycles. The summed E-state index contributed by atoms with van der Waals surface area (Å²) in [6, 6.07) is 7.05. The number of hydrogen-bond acceptors (Lipinski definition) is 2. The lowest BCUT2D eigenvalue weighted by Crippen LogP contribution is -2.32. The number of hydrogen-bond donors (Lipinski definition) is 2. The molecule has 2 N–H and O–H groups in total. The normalized spacial score (nSPS) is 11.3. The second kappa shape index (κ2) is 6.75. The van der Waals surface area contributed by atoms with Crippen LogP contribution in [0.1, 0.15) is 27.7 Å². The first-order valence-corrected chi connectivity index (χ1v) is 7.08. The summed E-state index contributed by atoms with van der Waals surface area (Å²) >= 11 is 5.77. The molecular weight excluding hydrogens is 276 g/mol. The van der Waals surface area contributed by atoms with Crippen molar-refractivity contribution in [3.05, 3.63) is 24.3 Å². The molecule has 0 unspecified atom stereocenters. The van der Waals surface area contributed by atoms with Gasteiger partial charge in [-0.25, -0.2) is 0 Å². The second-order valence-electron chi connectivity index (χ2n) is 5.70. The molecule has 1 aromatic carbocycles. The number of benzene rings is 1. The molecule has 5 heteroatoms. The van der Waals surface area contributed by atoms with E-state index in [2.05, 4.69) is 10.6 Å². The highest BCUT2D eigenvalue weighted by Gasteiger charge is 2.26. The highest BCUT2D eigenvalue weighted by Crippen LogP contribution is 2.22. The van der Waals surface area contributed by atoms with Crippen LogP contribution in [0, 0.1) is 11.3 Å². The van der Waals surface area contributed by atoms with Crippen LogP contribution in [0.3, 0.4) is 0 Å². The number of anilines is 2. The first-order valence-electron chi connectivity index (χ1n) is 6.54. The standard InChI is InChI=1S/C15H21ClN2O2/c1-10(2)13(19)17-11-6-5-7-12(8-11)18-14(20)15(3,4)9-16/h5-8,10H,9H2,1-4H3,(H,17,19)(H,18,20). The Hall–Kier alpha value is -1.55. The summed E-state index contributed by atoms with van der Waals surface area (Å²) in [5.41, 5.74) is 0.651. The van der Waals surface area contributed by atoms with Crippen molar-refractivity contribution in [3.63, 3.8) is 0 Å². The first-order chi connectivity index (χ1) is 9.26. The van der Waals surface area contributed by atoms with Crippen LogP contribution in [0.2, 0.25) is 0 Å². The molecule has 110 valence electrons. The van der Waals surface area contributed by atoms with Crippen LogP contribution in [0.25, 0.3) is 0 Å². The molecule has 0 aromatic heterocycles. The molecule has 20 heavy (non-hydrogen) atoms. The van der Waals surface area contributed by atoms with E-state index in [9.17, 15) is 9.59 Å². The molecule has 4 nitrogen and oxygen atoms in total. The van der Waals surface area contributed by atoms with Crippen LogP contribution in [-0.4, -0.2) is 17.7 Å². The van der Waals surface area contributed by atoms with Crippen molar-refractivity contribution < 1.29 is 9.59 Å². The lowest BCUT2D eigenvalue weighted by molar-refractivity contribution is -0.123. The summed E-state index contributed by atoms with van der Waals surface area (Å²) in [4.78, 5) is 23.7. The predicted octanol–water partition coefficient (Wildman–Crippen LogP) is 3.48. The first kappa shape index (κ1) is 16.5. The Labute approximate surface area is 124 Å². The summed E-state index contributed by atoms with van der Waals surface area (Å²) < 4.78 is 0. The number of nitrogens with one attached hydrogen (secondary N) is 2. The van der Waals surface area contributed by atoms with E-state index in [0.717, 1.165) is 0 Å². The Morgan fingerprint density at radius 3 is 2.25 bits per heavy atom. The quantitative estimate of drug-likeness (QED) is 0.817. The molecule has 0 aliphatic heterocycles. The SMILES string of the molecule is CC(C)C(=O)Nc1cccc(NC(=O)C(C)(C)CCl)c1. The average molecular weight is 297 g/mol. The van der Waals surface area contributed by atoms with Gasteiger partial charge < -0.3 is 10.6 Å². The van der Waals surface area contributed by atoms with E-state index in [0.29, 0.717) is 11.4 Å². The molecule has 0 fully saturated rings. The summed E-state index contributed by atoms with van der Waals surface area (Å²) in [6.45, 7) is 7.20. The van der Waals surface area contributed by atoms with Crippen molar-refractivity contribution in [1.82, 2.24) is 0 Å². The molecule has 0 aliphatic carbocycles. The van der Waals surface area contributed by atoms with Crippen molar-refractivity contribution >= 4 is 34.8 Å². The maximum atomic E-state index is 12.0. The Morgan fingerprint density at radius 1 is 1.20 bits per heavy atom. The molecule has 1 rings (SSSR count). The van der Waals surface area contributed by atoms with Crippen LogP contribution in [0.15, 0.2) is 24.3 Å². The van der Waals surface area contributed by atoms with Crippen molar-refractivity contribution in [2.45, 2.75) is 27.7 Å². The fraction of sp³-hybridized carbons (Fsp3) is 0.467. The lowest BCUT2D eigenvalue weighted by atomic mass is 9.95. The Bertz CT molecular complexity index is 498. The maximum absolute atomic E-state index is 12.0. The number of halogens is 1. The molecular formula is C15H21ClN2O2. The van der Waals surface area contributed by atoms with Crippen molar-refractivity contribution in [1.29, 1.82) is 0 Å². The van der Waals surface area contributed by atoms with Gasteiger partial charge in [0.05, 0.1) is 5.41 Å². The third-order valence-corrected chi connectivity index (χ3v) is 3.53. The zero-order chi connectivity index (χ0) is 15.3. The van der Waals surface area contributed by atoms with Crippen molar-refractivity contribution in [3.8, 4) is 0 Å². The van der Waals surface area contributed by atoms with Gasteiger partial charge >= 0.3 is 0 Å². The predicted molar refractivity (Wildman–Crippen MR) is 83.0 cm³/mol. The minimum Gasteiger partial charge on any atom is -0.326 e. The van der Waals surface area contributed by atoms with Gasteiger partial charge in [0.15, 0.2) is 0 Å². The van der Waals surface area contributed by atoms with E-state index in [4.69, 9.17) is 11.6 Å². The van der Waals surface area contributed by atoms with Crippen LogP contribution in [0.5, 0.6) is 0 Å². The minimum atomic E-state index is -0.640. The number of carbonyl (C=O) groups is 2. The largest absolute Gasteiger partial charge is 0.326 e. The van der Waals surface area contributed by atoms with Gasteiger partial charge in [0, 0.05) is 23.2 Å². The molecule has 1 aromatic rings. The zero-order valence-corrected chi connectivity index (χ0v) is 13.0. The molecule has 0 aliphatic rings. The van der Waals surface area contributed by atoms with Gasteiger partial charge in [-0.1, -0.05) is 19.9 Å². The van der Waals surface area contributed by atoms with Crippen LogP contribution in [-0.2, 0) is 9.59 Å². The topological polar surface area (TPSA) is 58.2 Å². The maximum Gasteiger partial charge on any atom is 0.231 e. The third-order valence-electron chi connectivity index (χ3n) is 2.86. The summed E-state index contributed by atoms with van der Waals surface area (Å²) in [5.74, 6) is -0.0689. The van der Waals surface area contributed by atoms with Gasteiger partial charge in [-0.05, 0) is 32.0 Å². The Kier molecular flexibility index (Phi) is 5.57. The minimum absolute atomic E-state index is 0.0606. The fourth-order valence-electron chi connectivity index (χ4n) is 1.32. The van der Waals surface area contributed by atoms with Gasteiger partial charge in [0.2, 0.25) is 11.8 Å². The molecule has 2 amide bonds. The molecule has 0 bridgehead atoms. The molecule has 0 radical (unpaired) electrons. The number of carbonyl (C=O) groups excluding carboxylic acids is 2. The van der Waals surface area contributed by atoms with Crippen molar-refractivity contribution in [2.24, 2.45) is 11.3 Å². The summed E-state index contributed by atoms with van der Waals surface area (Å²) in [5, 5.41) is 5.59. The second-order valence-corrected chi connectivity index (χ2v) is 5.96. The molecule has 0 atom stereocenters. The highest BCUT2D eigenvalue weighted by molar-refractivity contribution is 6.20. The van der Waals surface area contributed by atoms with Crippen LogP contribution >= 0.6 is 11.6 Å². The van der Waals surface area contributed by atoms with E-state index in [1.54, 1.807) is 38.1 Å². The molecule has 0 saturated heterocycles. The highest BCUT2D eigenvalue weighted by atomic mass is 35.5. The van der Waals surface area contributed by atoms with Crippen molar-refractivity contribution in [2.75, 3.05) is 16.5 Å². The Balaban J connectivity index is 2.79. The smallest absolute Gasteiger partial charge is 0.231 e. The summed E-state index contributed by atoms with van der Waals surface area (Å²) in [6.07, 6.45) is 0. The van der Waals surface area contributed by atoms with E-state index in [-0.39, 0.29) is 23.6 Å². The fourth-order valence-corrected chi connectivity index (χ4v) is 1.44. The number of alkyl halides is 1. The monoisotopic (exact) mass is 296 g/mol. The van der Waals surface area contributed by atoms with Gasteiger partial charge in [-0.2, -0.15) is 0 Å². The van der Waals surface area contributed by atoms with Gasteiger partial charge in [0.25, 0.3) is 0 Å². The van der Waals surface area contributed by atoms with Gasteiger partial charge in [0.1, 0.15) is 0 Å². The van der Waals surface area contributed by atoms with E-state index >= 15 is 0 Å². The Morgan fingerprint density at radius 2 is 1.75 bits per heavy atom.